The van der Waals surface area contributed by atoms with E-state index in [4.69, 9.17) is 0 Å². The first kappa shape index (κ1) is 18.1. The van der Waals surface area contributed by atoms with Crippen LogP contribution in [0.25, 0.3) is 6.08 Å². The highest BCUT2D eigenvalue weighted by molar-refractivity contribution is 8.18. The van der Waals surface area contributed by atoms with E-state index in [0.717, 1.165) is 22.1 Å². The molecule has 1 aromatic carbocycles. The number of nitrogens with zero attached hydrogens (tertiary/aromatic N) is 3. The SMILES string of the molecule is CN=C1S/C(=C\c2cc3c(cc2C)N(C)C(C)(C)C[C@H]3C)C(=O)N1C. The van der Waals surface area contributed by atoms with Gasteiger partial charge >= 0.3 is 0 Å². The van der Waals surface area contributed by atoms with E-state index in [9.17, 15) is 4.79 Å². The lowest BCUT2D eigenvalue weighted by atomic mass is 9.79. The third-order valence-electron chi connectivity index (χ3n) is 5.50. The number of rotatable bonds is 1. The molecule has 0 N–H and O–H groups in total. The molecule has 0 spiro atoms. The van der Waals surface area contributed by atoms with Crippen LogP contribution in [-0.4, -0.2) is 42.7 Å². The number of aliphatic imine (C=N–C) groups is 1. The van der Waals surface area contributed by atoms with E-state index in [2.05, 4.69) is 56.8 Å². The molecule has 1 atom stereocenters. The maximum absolute atomic E-state index is 12.4. The number of benzene rings is 1. The maximum atomic E-state index is 12.4. The summed E-state index contributed by atoms with van der Waals surface area (Å²) in [6.45, 7) is 9.01. The molecule has 0 aliphatic carbocycles. The number of carbonyl (C=O) groups excluding carboxylic acids is 1. The van der Waals surface area contributed by atoms with Crippen LogP contribution in [0, 0.1) is 6.92 Å². The molecule has 5 heteroatoms. The Morgan fingerprint density at radius 2 is 2.00 bits per heavy atom. The first-order valence-corrected chi connectivity index (χ1v) is 9.50. The Labute approximate surface area is 155 Å². The van der Waals surface area contributed by atoms with Crippen molar-refractivity contribution < 1.29 is 4.79 Å². The summed E-state index contributed by atoms with van der Waals surface area (Å²) in [5.74, 6) is 0.523. The summed E-state index contributed by atoms with van der Waals surface area (Å²) in [5.41, 5.74) is 5.15. The number of hydrogen-bond donors (Lipinski definition) is 0. The van der Waals surface area contributed by atoms with E-state index in [1.54, 1.807) is 19.0 Å². The second-order valence-corrected chi connectivity index (χ2v) is 8.73. The lowest BCUT2D eigenvalue weighted by Crippen LogP contribution is -2.45. The number of amides is 1. The van der Waals surface area contributed by atoms with Crippen molar-refractivity contribution in [3.05, 3.63) is 33.7 Å². The van der Waals surface area contributed by atoms with Gasteiger partial charge in [-0.05, 0) is 79.8 Å². The second-order valence-electron chi connectivity index (χ2n) is 7.73. The quantitative estimate of drug-likeness (QED) is 0.705. The molecule has 0 unspecified atom stereocenters. The summed E-state index contributed by atoms with van der Waals surface area (Å²) in [4.78, 5) is 21.3. The van der Waals surface area contributed by atoms with E-state index in [1.807, 2.05) is 6.08 Å². The van der Waals surface area contributed by atoms with Crippen LogP contribution in [0.3, 0.4) is 0 Å². The largest absolute Gasteiger partial charge is 0.369 e. The van der Waals surface area contributed by atoms with E-state index in [-0.39, 0.29) is 11.4 Å². The highest BCUT2D eigenvalue weighted by Gasteiger charge is 2.35. The highest BCUT2D eigenvalue weighted by atomic mass is 32.2. The summed E-state index contributed by atoms with van der Waals surface area (Å²) in [6.07, 6.45) is 3.14. The van der Waals surface area contributed by atoms with E-state index in [0.29, 0.717) is 5.92 Å². The minimum atomic E-state index is 0.0222. The lowest BCUT2D eigenvalue weighted by Gasteiger charge is -2.45. The Kier molecular flexibility index (Phi) is 4.48. The predicted molar refractivity (Wildman–Crippen MR) is 108 cm³/mol. The number of fused-ring (bicyclic) bond motifs is 1. The first-order valence-electron chi connectivity index (χ1n) is 8.68. The van der Waals surface area contributed by atoms with Gasteiger partial charge in [0, 0.05) is 32.4 Å². The Morgan fingerprint density at radius 1 is 1.32 bits per heavy atom. The van der Waals surface area contributed by atoms with Crippen molar-refractivity contribution in [1.29, 1.82) is 0 Å². The first-order chi connectivity index (χ1) is 11.7. The molecule has 2 heterocycles. The third-order valence-corrected chi connectivity index (χ3v) is 6.65. The Bertz CT molecular complexity index is 794. The van der Waals surface area contributed by atoms with Crippen LogP contribution in [0.2, 0.25) is 0 Å². The van der Waals surface area contributed by atoms with Gasteiger partial charge in [-0.25, -0.2) is 0 Å². The average Bonchev–Trinajstić information content (AvgIpc) is 2.81. The molecule has 1 fully saturated rings. The number of carbonyl (C=O) groups is 1. The second kappa shape index (κ2) is 6.20. The Hall–Kier alpha value is -1.75. The normalized spacial score (nSPS) is 25.9. The van der Waals surface area contributed by atoms with Crippen LogP contribution in [0.15, 0.2) is 22.0 Å². The van der Waals surface area contributed by atoms with Gasteiger partial charge in [-0.2, -0.15) is 0 Å². The van der Waals surface area contributed by atoms with Gasteiger partial charge < -0.3 is 4.90 Å². The molecule has 0 saturated carbocycles. The summed E-state index contributed by atoms with van der Waals surface area (Å²) < 4.78 is 0. The number of anilines is 1. The molecule has 1 amide bonds. The monoisotopic (exact) mass is 357 g/mol. The molecule has 2 aliphatic heterocycles. The van der Waals surface area contributed by atoms with Gasteiger partial charge in [0.1, 0.15) is 0 Å². The van der Waals surface area contributed by atoms with Crippen molar-refractivity contribution in [2.75, 3.05) is 26.0 Å². The van der Waals surface area contributed by atoms with Crippen LogP contribution < -0.4 is 4.90 Å². The zero-order chi connectivity index (χ0) is 18.5. The Balaban J connectivity index is 2.05. The van der Waals surface area contributed by atoms with Crippen LogP contribution in [0.1, 0.15) is 49.8 Å². The molecule has 0 bridgehead atoms. The topological polar surface area (TPSA) is 35.9 Å². The lowest BCUT2D eigenvalue weighted by molar-refractivity contribution is -0.121. The average molecular weight is 358 g/mol. The minimum Gasteiger partial charge on any atom is -0.369 e. The van der Waals surface area contributed by atoms with Crippen molar-refractivity contribution in [3.63, 3.8) is 0 Å². The van der Waals surface area contributed by atoms with Crippen molar-refractivity contribution >= 4 is 34.6 Å². The smallest absolute Gasteiger partial charge is 0.266 e. The molecule has 4 nitrogen and oxygen atoms in total. The molecule has 25 heavy (non-hydrogen) atoms. The summed E-state index contributed by atoms with van der Waals surface area (Å²) >= 11 is 1.45. The number of aryl methyl sites for hydroxylation is 1. The molecule has 134 valence electrons. The van der Waals surface area contributed by atoms with Crippen LogP contribution in [0.5, 0.6) is 0 Å². The zero-order valence-corrected chi connectivity index (χ0v) is 17.0. The highest BCUT2D eigenvalue weighted by Crippen LogP contribution is 2.44. The molecule has 1 aromatic rings. The van der Waals surface area contributed by atoms with Gasteiger partial charge in [0.25, 0.3) is 5.91 Å². The van der Waals surface area contributed by atoms with Crippen molar-refractivity contribution in [2.45, 2.75) is 45.6 Å². The maximum Gasteiger partial charge on any atom is 0.266 e. The molecule has 2 aliphatic rings. The van der Waals surface area contributed by atoms with Gasteiger partial charge in [0.2, 0.25) is 0 Å². The van der Waals surface area contributed by atoms with E-state index >= 15 is 0 Å². The molecular weight excluding hydrogens is 330 g/mol. The van der Waals surface area contributed by atoms with Gasteiger partial charge in [0.05, 0.1) is 4.91 Å². The predicted octanol–water partition coefficient (Wildman–Crippen LogP) is 4.25. The standard InChI is InChI=1S/C20H27N3OS/c1-12-8-16-15(13(2)11-20(3,4)23(16)7)9-14(12)10-17-18(24)22(6)19(21-5)25-17/h8-10,13H,11H2,1-7H3/b17-10-,21-19?/t13-/m1/s1. The number of amidine groups is 1. The van der Waals surface area contributed by atoms with E-state index < -0.39 is 0 Å². The molecule has 0 aromatic heterocycles. The number of likely N-dealkylation sites (N-methyl/N-ethyl adjacent to an activating group) is 1. The summed E-state index contributed by atoms with van der Waals surface area (Å²) in [5, 5.41) is 0.752. The van der Waals surface area contributed by atoms with Crippen LogP contribution >= 0.6 is 11.8 Å². The molecule has 3 rings (SSSR count). The Morgan fingerprint density at radius 3 is 2.60 bits per heavy atom. The van der Waals surface area contributed by atoms with Crippen molar-refractivity contribution in [1.82, 2.24) is 4.90 Å². The fraction of sp³-hybridized carbons (Fsp3) is 0.500. The summed E-state index contributed by atoms with van der Waals surface area (Å²) in [7, 11) is 5.67. The van der Waals surface area contributed by atoms with Crippen molar-refractivity contribution in [2.24, 2.45) is 4.99 Å². The zero-order valence-electron chi connectivity index (χ0n) is 16.2. The van der Waals surface area contributed by atoms with Crippen LogP contribution in [-0.2, 0) is 4.79 Å². The fourth-order valence-corrected chi connectivity index (χ4v) is 4.70. The summed E-state index contributed by atoms with van der Waals surface area (Å²) in [6, 6.07) is 4.53. The molecular formula is C20H27N3OS. The van der Waals surface area contributed by atoms with Gasteiger partial charge in [-0.3, -0.25) is 14.7 Å². The number of hydrogen-bond acceptors (Lipinski definition) is 4. The third kappa shape index (κ3) is 2.99. The number of thioether (sulfide) groups is 1. The van der Waals surface area contributed by atoms with Crippen molar-refractivity contribution in [3.8, 4) is 0 Å². The molecule has 0 radical (unpaired) electrons. The van der Waals surface area contributed by atoms with Gasteiger partial charge in [0.15, 0.2) is 5.17 Å². The minimum absolute atomic E-state index is 0.0222. The fourth-order valence-electron chi connectivity index (χ4n) is 3.78. The van der Waals surface area contributed by atoms with Crippen LogP contribution in [0.4, 0.5) is 5.69 Å². The van der Waals surface area contributed by atoms with E-state index in [1.165, 1.54) is 28.6 Å². The van der Waals surface area contributed by atoms with Gasteiger partial charge in [-0.15, -0.1) is 0 Å². The van der Waals surface area contributed by atoms with Gasteiger partial charge in [-0.1, -0.05) is 6.92 Å². The molecule has 1 saturated heterocycles.